The maximum absolute atomic E-state index is 12.2. The fourth-order valence-electron chi connectivity index (χ4n) is 2.60. The molecule has 1 rings (SSSR count). The van der Waals surface area contributed by atoms with Gasteiger partial charge in [-0.25, -0.2) is 0 Å². The van der Waals surface area contributed by atoms with E-state index in [1.165, 1.54) is 12.8 Å². The van der Waals surface area contributed by atoms with Crippen molar-refractivity contribution >= 4 is 5.78 Å². The van der Waals surface area contributed by atoms with E-state index in [4.69, 9.17) is 0 Å². The second kappa shape index (κ2) is 5.64. The average molecular weight is 212 g/mol. The van der Waals surface area contributed by atoms with Gasteiger partial charge in [0.25, 0.3) is 0 Å². The van der Waals surface area contributed by atoms with Crippen LogP contribution < -0.4 is 0 Å². The first-order valence-corrected chi connectivity index (χ1v) is 6.40. The highest BCUT2D eigenvalue weighted by Crippen LogP contribution is 2.31. The van der Waals surface area contributed by atoms with Crippen LogP contribution in [0, 0.1) is 5.92 Å². The number of carbonyl (C=O) groups excluding carboxylic acids is 1. The van der Waals surface area contributed by atoms with Crippen LogP contribution >= 0.6 is 0 Å². The lowest BCUT2D eigenvalue weighted by atomic mass is 9.81. The lowest BCUT2D eigenvalue weighted by Gasteiger charge is -2.28. The molecule has 0 bridgehead atoms. The van der Waals surface area contributed by atoms with Crippen LogP contribution in [0.2, 0.25) is 0 Å². The number of hydrogen-bond donors (Lipinski definition) is 1. The first kappa shape index (κ1) is 12.7. The maximum atomic E-state index is 12.2. The molecular formula is C13H24O2. The van der Waals surface area contributed by atoms with Crippen molar-refractivity contribution in [3.63, 3.8) is 0 Å². The molecule has 15 heavy (non-hydrogen) atoms. The van der Waals surface area contributed by atoms with E-state index in [2.05, 4.69) is 0 Å². The Balaban J connectivity index is 2.69. The van der Waals surface area contributed by atoms with Crippen molar-refractivity contribution in [2.75, 3.05) is 0 Å². The summed E-state index contributed by atoms with van der Waals surface area (Å²) in [7, 11) is 0. The molecule has 1 N–H and O–H groups in total. The van der Waals surface area contributed by atoms with Gasteiger partial charge in [-0.3, -0.25) is 4.79 Å². The summed E-state index contributed by atoms with van der Waals surface area (Å²) in [6.07, 6.45) is 7.42. The standard InChI is InChI=1S/C13H24O2/c1-3-11(4-2)12(14)13(15)9-7-5-6-8-10-13/h11,15H,3-10H2,1-2H3. The first-order chi connectivity index (χ1) is 7.14. The zero-order valence-electron chi connectivity index (χ0n) is 10.1. The molecule has 0 unspecified atom stereocenters. The Morgan fingerprint density at radius 2 is 1.60 bits per heavy atom. The highest BCUT2D eigenvalue weighted by atomic mass is 16.3. The zero-order valence-corrected chi connectivity index (χ0v) is 10.1. The minimum Gasteiger partial charge on any atom is -0.382 e. The molecule has 0 saturated heterocycles. The summed E-state index contributed by atoms with van der Waals surface area (Å²) in [6, 6.07) is 0. The third-order valence-electron chi connectivity index (χ3n) is 3.75. The third-order valence-corrected chi connectivity index (χ3v) is 3.75. The zero-order chi connectivity index (χ0) is 11.3. The van der Waals surface area contributed by atoms with Crippen LogP contribution in [0.1, 0.15) is 65.2 Å². The van der Waals surface area contributed by atoms with Crippen molar-refractivity contribution in [3.05, 3.63) is 0 Å². The van der Waals surface area contributed by atoms with Crippen LogP contribution in [0.15, 0.2) is 0 Å². The van der Waals surface area contributed by atoms with E-state index in [9.17, 15) is 9.90 Å². The highest BCUT2D eigenvalue weighted by Gasteiger charge is 2.38. The normalized spacial score (nSPS) is 21.3. The van der Waals surface area contributed by atoms with Gasteiger partial charge in [-0.1, -0.05) is 39.5 Å². The Kier molecular flexibility index (Phi) is 4.78. The summed E-state index contributed by atoms with van der Waals surface area (Å²) >= 11 is 0. The smallest absolute Gasteiger partial charge is 0.167 e. The summed E-state index contributed by atoms with van der Waals surface area (Å²) in [5.41, 5.74) is -0.993. The van der Waals surface area contributed by atoms with Gasteiger partial charge in [-0.05, 0) is 25.7 Å². The Morgan fingerprint density at radius 3 is 2.00 bits per heavy atom. The summed E-state index contributed by atoms with van der Waals surface area (Å²) in [4.78, 5) is 12.2. The molecule has 0 spiro atoms. The molecule has 0 radical (unpaired) electrons. The van der Waals surface area contributed by atoms with Crippen LogP contribution in [0.3, 0.4) is 0 Å². The van der Waals surface area contributed by atoms with Gasteiger partial charge < -0.3 is 5.11 Å². The predicted molar refractivity (Wildman–Crippen MR) is 61.7 cm³/mol. The molecule has 1 fully saturated rings. The monoisotopic (exact) mass is 212 g/mol. The van der Waals surface area contributed by atoms with Crippen molar-refractivity contribution in [3.8, 4) is 0 Å². The van der Waals surface area contributed by atoms with E-state index in [0.717, 1.165) is 25.7 Å². The molecule has 0 amide bonds. The lowest BCUT2D eigenvalue weighted by molar-refractivity contribution is -0.143. The van der Waals surface area contributed by atoms with Crippen LogP contribution in [0.5, 0.6) is 0 Å². The van der Waals surface area contributed by atoms with Gasteiger partial charge in [0.15, 0.2) is 5.78 Å². The van der Waals surface area contributed by atoms with Gasteiger partial charge in [0.2, 0.25) is 0 Å². The molecule has 0 aliphatic heterocycles. The molecular weight excluding hydrogens is 188 g/mol. The van der Waals surface area contributed by atoms with E-state index >= 15 is 0 Å². The molecule has 0 aromatic carbocycles. The minimum atomic E-state index is -0.993. The van der Waals surface area contributed by atoms with Crippen molar-refractivity contribution in [1.29, 1.82) is 0 Å². The molecule has 2 nitrogen and oxygen atoms in total. The van der Waals surface area contributed by atoms with Crippen LogP contribution in [0.25, 0.3) is 0 Å². The summed E-state index contributed by atoms with van der Waals surface area (Å²) in [5.74, 6) is 0.169. The van der Waals surface area contributed by atoms with Crippen molar-refractivity contribution in [2.45, 2.75) is 70.8 Å². The minimum absolute atomic E-state index is 0.0631. The lowest BCUT2D eigenvalue weighted by Crippen LogP contribution is -2.42. The molecule has 1 aliphatic rings. The summed E-state index contributed by atoms with van der Waals surface area (Å²) < 4.78 is 0. The predicted octanol–water partition coefficient (Wildman–Crippen LogP) is 3.08. The van der Waals surface area contributed by atoms with Crippen LogP contribution in [0.4, 0.5) is 0 Å². The first-order valence-electron chi connectivity index (χ1n) is 6.40. The molecule has 0 heterocycles. The topological polar surface area (TPSA) is 37.3 Å². The van der Waals surface area contributed by atoms with Crippen molar-refractivity contribution in [1.82, 2.24) is 0 Å². The fraction of sp³-hybridized carbons (Fsp3) is 0.923. The molecule has 0 aromatic rings. The van der Waals surface area contributed by atoms with E-state index in [1.54, 1.807) is 0 Å². The Bertz CT molecular complexity index is 199. The van der Waals surface area contributed by atoms with Gasteiger partial charge in [-0.15, -0.1) is 0 Å². The highest BCUT2D eigenvalue weighted by molar-refractivity contribution is 5.89. The molecule has 0 aromatic heterocycles. The van der Waals surface area contributed by atoms with Crippen LogP contribution in [-0.2, 0) is 4.79 Å². The Labute approximate surface area is 93.1 Å². The number of aliphatic hydroxyl groups is 1. The Morgan fingerprint density at radius 1 is 1.13 bits per heavy atom. The maximum Gasteiger partial charge on any atom is 0.167 e. The molecule has 1 aliphatic carbocycles. The molecule has 2 heteroatoms. The van der Waals surface area contributed by atoms with Crippen LogP contribution in [-0.4, -0.2) is 16.5 Å². The van der Waals surface area contributed by atoms with Gasteiger partial charge >= 0.3 is 0 Å². The van der Waals surface area contributed by atoms with Gasteiger partial charge in [-0.2, -0.15) is 0 Å². The van der Waals surface area contributed by atoms with Gasteiger partial charge in [0.1, 0.15) is 5.60 Å². The molecule has 0 atom stereocenters. The Hall–Kier alpha value is -0.370. The van der Waals surface area contributed by atoms with Crippen molar-refractivity contribution in [2.24, 2.45) is 5.92 Å². The second-order valence-corrected chi connectivity index (χ2v) is 4.82. The quantitative estimate of drug-likeness (QED) is 0.727. The van der Waals surface area contributed by atoms with E-state index in [0.29, 0.717) is 12.8 Å². The van der Waals surface area contributed by atoms with E-state index in [1.807, 2.05) is 13.8 Å². The van der Waals surface area contributed by atoms with Gasteiger partial charge in [0.05, 0.1) is 0 Å². The molecule has 88 valence electrons. The van der Waals surface area contributed by atoms with E-state index in [-0.39, 0.29) is 11.7 Å². The average Bonchev–Trinajstić information content (AvgIpc) is 2.46. The number of Topliss-reactive ketones (excluding diaryl/α,β-unsaturated/α-hetero) is 1. The fourth-order valence-corrected chi connectivity index (χ4v) is 2.60. The number of rotatable bonds is 4. The molecule has 1 saturated carbocycles. The van der Waals surface area contributed by atoms with Crippen molar-refractivity contribution < 1.29 is 9.90 Å². The van der Waals surface area contributed by atoms with E-state index < -0.39 is 5.60 Å². The number of hydrogen-bond acceptors (Lipinski definition) is 2. The number of carbonyl (C=O) groups is 1. The number of ketones is 1. The largest absolute Gasteiger partial charge is 0.382 e. The third kappa shape index (κ3) is 3.04. The summed E-state index contributed by atoms with van der Waals surface area (Å²) in [6.45, 7) is 4.07. The SMILES string of the molecule is CCC(CC)C(=O)C1(O)CCCCCC1. The van der Waals surface area contributed by atoms with Gasteiger partial charge in [0, 0.05) is 5.92 Å². The summed E-state index contributed by atoms with van der Waals surface area (Å²) in [5, 5.41) is 10.4. The second-order valence-electron chi connectivity index (χ2n) is 4.82.